The maximum atomic E-state index is 11.4. The molecule has 4 aromatic rings. The van der Waals surface area contributed by atoms with Crippen LogP contribution >= 0.6 is 0 Å². The molecule has 0 saturated carbocycles. The molecule has 8 nitrogen and oxygen atoms in total. The maximum Gasteiger partial charge on any atom is 4.00 e. The fourth-order valence-corrected chi connectivity index (χ4v) is 5.80. The first-order chi connectivity index (χ1) is 26.6. The SMILES string of the molecule is CCCCc1ccc([O-])c(N(C)C)c1.CCCCc1ccc([O-])c(N(C)C)c1.CCCCc1ccc([O-])c(N(C)C)c1.CCCCc1ccc([O-])c(N(C)C)c1.[Zr+4]. The smallest absolute Gasteiger partial charge is 0.871 e. The van der Waals surface area contributed by atoms with E-state index in [1.807, 2.05) is 125 Å². The van der Waals surface area contributed by atoms with E-state index in [0.29, 0.717) is 0 Å². The van der Waals surface area contributed by atoms with Gasteiger partial charge in [0.25, 0.3) is 0 Å². The Hall–Kier alpha value is -3.84. The van der Waals surface area contributed by atoms with Gasteiger partial charge in [0.05, 0.1) is 0 Å². The fourth-order valence-electron chi connectivity index (χ4n) is 5.80. The molecular formula is C48H72N4O4Zr. The van der Waals surface area contributed by atoms with E-state index in [4.69, 9.17) is 0 Å². The second kappa shape index (κ2) is 29.4. The van der Waals surface area contributed by atoms with E-state index in [9.17, 15) is 20.4 Å². The van der Waals surface area contributed by atoms with Crippen LogP contribution in [0.2, 0.25) is 0 Å². The molecule has 9 heteroatoms. The van der Waals surface area contributed by atoms with Gasteiger partial charge < -0.3 is 40.0 Å². The zero-order chi connectivity index (χ0) is 42.2. The predicted octanol–water partition coefficient (Wildman–Crippen LogP) is 8.67. The number of hydrogen-bond donors (Lipinski definition) is 0. The molecule has 0 radical (unpaired) electrons. The molecule has 0 saturated heterocycles. The van der Waals surface area contributed by atoms with Gasteiger partial charge in [-0.15, -0.1) is 0 Å². The van der Waals surface area contributed by atoms with Crippen LogP contribution in [0, 0.1) is 0 Å². The third-order valence-electron chi connectivity index (χ3n) is 9.30. The van der Waals surface area contributed by atoms with Gasteiger partial charge in [0, 0.05) is 79.1 Å². The van der Waals surface area contributed by atoms with Crippen molar-refractivity contribution in [3.05, 3.63) is 95.1 Å². The third-order valence-corrected chi connectivity index (χ3v) is 9.30. The van der Waals surface area contributed by atoms with Gasteiger partial charge in [-0.25, -0.2) is 0 Å². The van der Waals surface area contributed by atoms with E-state index in [0.717, 1.165) is 48.4 Å². The van der Waals surface area contributed by atoms with Crippen LogP contribution < -0.4 is 40.0 Å². The standard InChI is InChI=1S/4C12H19NO.Zr/c4*1-4-5-6-10-7-8-12(14)11(9-10)13(2)3;/h4*7-9,14H,4-6H2,1-3H3;/q;;;;+4/p-4. The molecule has 0 spiro atoms. The number of benzene rings is 4. The molecular weight excluding hydrogens is 788 g/mol. The fraction of sp³-hybridized carbons (Fsp3) is 0.500. The molecule has 4 rings (SSSR count). The Balaban J connectivity index is 0.000000729. The van der Waals surface area contributed by atoms with Gasteiger partial charge in [0.15, 0.2) is 0 Å². The van der Waals surface area contributed by atoms with Crippen LogP contribution in [-0.2, 0) is 51.9 Å². The molecule has 312 valence electrons. The van der Waals surface area contributed by atoms with Gasteiger partial charge >= 0.3 is 26.2 Å². The summed E-state index contributed by atoms with van der Waals surface area (Å²) >= 11 is 0. The zero-order valence-corrected chi connectivity index (χ0v) is 39.8. The van der Waals surface area contributed by atoms with Gasteiger partial charge in [-0.1, -0.05) is 125 Å². The van der Waals surface area contributed by atoms with E-state index in [1.54, 1.807) is 24.3 Å². The summed E-state index contributed by atoms with van der Waals surface area (Å²) in [6.07, 6.45) is 13.8. The minimum absolute atomic E-state index is 0. The summed E-state index contributed by atoms with van der Waals surface area (Å²) in [6, 6.07) is 22.4. The maximum absolute atomic E-state index is 11.4. The van der Waals surface area contributed by atoms with Gasteiger partial charge in [-0.05, 0) is 97.9 Å². The molecule has 0 N–H and O–H groups in total. The van der Waals surface area contributed by atoms with E-state index in [1.165, 1.54) is 73.6 Å². The number of rotatable bonds is 16. The van der Waals surface area contributed by atoms with E-state index in [2.05, 4.69) is 27.7 Å². The van der Waals surface area contributed by atoms with Gasteiger partial charge in [0.2, 0.25) is 0 Å². The van der Waals surface area contributed by atoms with Crippen molar-refractivity contribution in [1.82, 2.24) is 0 Å². The Morgan fingerprint density at radius 1 is 0.333 bits per heavy atom. The Morgan fingerprint density at radius 3 is 0.649 bits per heavy atom. The summed E-state index contributed by atoms with van der Waals surface area (Å²) in [5, 5.41) is 45.8. The first-order valence-electron chi connectivity index (χ1n) is 20.5. The number of hydrogen-bond acceptors (Lipinski definition) is 8. The van der Waals surface area contributed by atoms with Gasteiger partial charge in [0.1, 0.15) is 0 Å². The number of aryl methyl sites for hydroxylation is 4. The van der Waals surface area contributed by atoms with Crippen LogP contribution in [-0.4, -0.2) is 56.4 Å². The Morgan fingerprint density at radius 2 is 0.509 bits per heavy atom. The van der Waals surface area contributed by atoms with Crippen LogP contribution in [0.25, 0.3) is 0 Å². The van der Waals surface area contributed by atoms with Crippen molar-refractivity contribution in [2.45, 2.75) is 105 Å². The Kier molecular flexibility index (Phi) is 27.4. The van der Waals surface area contributed by atoms with Crippen LogP contribution in [0.15, 0.2) is 72.8 Å². The Labute approximate surface area is 366 Å². The number of nitrogens with zero attached hydrogens (tertiary/aromatic N) is 4. The molecule has 0 fully saturated rings. The molecule has 0 heterocycles. The molecule has 0 unspecified atom stereocenters. The molecule has 0 aliphatic rings. The van der Waals surface area contributed by atoms with Crippen molar-refractivity contribution >= 4 is 22.7 Å². The van der Waals surface area contributed by atoms with Crippen molar-refractivity contribution in [2.24, 2.45) is 0 Å². The van der Waals surface area contributed by atoms with E-state index >= 15 is 0 Å². The van der Waals surface area contributed by atoms with Crippen LogP contribution in [0.3, 0.4) is 0 Å². The second-order valence-corrected chi connectivity index (χ2v) is 15.2. The molecule has 57 heavy (non-hydrogen) atoms. The van der Waals surface area contributed by atoms with Crippen molar-refractivity contribution in [3.63, 3.8) is 0 Å². The largest absolute Gasteiger partial charge is 4.00 e. The van der Waals surface area contributed by atoms with Crippen LogP contribution in [0.1, 0.15) is 101 Å². The third kappa shape index (κ3) is 20.4. The van der Waals surface area contributed by atoms with Crippen molar-refractivity contribution in [3.8, 4) is 23.0 Å². The van der Waals surface area contributed by atoms with E-state index in [-0.39, 0.29) is 49.2 Å². The summed E-state index contributed by atoms with van der Waals surface area (Å²) in [7, 11) is 15.2. The van der Waals surface area contributed by atoms with E-state index < -0.39 is 0 Å². The summed E-state index contributed by atoms with van der Waals surface area (Å²) < 4.78 is 0. The number of anilines is 4. The molecule has 0 aliphatic heterocycles. The van der Waals surface area contributed by atoms with Crippen molar-refractivity contribution < 1.29 is 46.6 Å². The topological polar surface area (TPSA) is 105 Å². The van der Waals surface area contributed by atoms with Gasteiger partial charge in [-0.2, -0.15) is 0 Å². The first kappa shape index (κ1) is 53.2. The molecule has 4 aromatic carbocycles. The number of unbranched alkanes of at least 4 members (excludes halogenated alkanes) is 4. The minimum Gasteiger partial charge on any atom is -0.871 e. The Bertz CT molecular complexity index is 1430. The van der Waals surface area contributed by atoms with Crippen molar-refractivity contribution in [2.75, 3.05) is 76.0 Å². The average Bonchev–Trinajstić information content (AvgIpc) is 3.17. The van der Waals surface area contributed by atoms with Crippen LogP contribution in [0.5, 0.6) is 23.0 Å². The summed E-state index contributed by atoms with van der Waals surface area (Å²) in [5.74, 6) is 0.427. The second-order valence-electron chi connectivity index (χ2n) is 15.2. The first-order valence-corrected chi connectivity index (χ1v) is 20.5. The monoisotopic (exact) mass is 858 g/mol. The summed E-state index contributed by atoms with van der Waals surface area (Å²) in [5.41, 5.74) is 8.20. The zero-order valence-electron chi connectivity index (χ0n) is 37.3. The molecule has 0 aliphatic carbocycles. The average molecular weight is 860 g/mol. The quantitative estimate of drug-likeness (QED) is 0.110. The molecule has 0 aromatic heterocycles. The van der Waals surface area contributed by atoms with Crippen LogP contribution in [0.4, 0.5) is 22.7 Å². The van der Waals surface area contributed by atoms with Gasteiger partial charge in [-0.3, -0.25) is 0 Å². The predicted molar refractivity (Wildman–Crippen MR) is 235 cm³/mol. The molecule has 0 atom stereocenters. The summed E-state index contributed by atoms with van der Waals surface area (Å²) in [4.78, 5) is 7.49. The molecule has 0 amide bonds. The minimum atomic E-state index is 0. The molecule has 0 bridgehead atoms. The normalized spacial score (nSPS) is 10.0. The van der Waals surface area contributed by atoms with Crippen molar-refractivity contribution in [1.29, 1.82) is 0 Å². The summed E-state index contributed by atoms with van der Waals surface area (Å²) in [6.45, 7) is 8.70.